The highest BCUT2D eigenvalue weighted by atomic mass is 79.9. The van der Waals surface area contributed by atoms with Gasteiger partial charge in [-0.25, -0.2) is 0 Å². The van der Waals surface area contributed by atoms with Crippen LogP contribution in [0.1, 0.15) is 6.42 Å². The number of nitrogens with zero attached hydrogens (tertiary/aromatic N) is 2. The molecule has 6 heteroatoms. The van der Waals surface area contributed by atoms with E-state index < -0.39 is 4.92 Å². The molecule has 1 amide bonds. The van der Waals surface area contributed by atoms with Crippen LogP contribution in [0.3, 0.4) is 0 Å². The van der Waals surface area contributed by atoms with Gasteiger partial charge < -0.3 is 4.90 Å². The Morgan fingerprint density at radius 3 is 2.53 bits per heavy atom. The second-order valence-corrected chi connectivity index (χ2v) is 4.65. The maximum absolute atomic E-state index is 11.7. The average Bonchev–Trinajstić information content (AvgIpc) is 2.71. The normalized spacial score (nSPS) is 19.7. The molecular formula is C11H11BrN2O3. The smallest absolute Gasteiger partial charge is 0.269 e. The highest BCUT2D eigenvalue weighted by Crippen LogP contribution is 2.27. The first-order valence-electron chi connectivity index (χ1n) is 5.22. The van der Waals surface area contributed by atoms with Gasteiger partial charge in [-0.2, -0.15) is 0 Å². The number of rotatable bonds is 3. The lowest BCUT2D eigenvalue weighted by Crippen LogP contribution is -2.24. The number of nitro groups is 1. The number of carbonyl (C=O) groups is 1. The van der Waals surface area contributed by atoms with Crippen LogP contribution in [0.15, 0.2) is 24.3 Å². The third-order valence-electron chi connectivity index (χ3n) is 2.80. The number of alkyl halides is 1. The molecule has 0 spiro atoms. The summed E-state index contributed by atoms with van der Waals surface area (Å²) in [5.74, 6) is 0.390. The summed E-state index contributed by atoms with van der Waals surface area (Å²) < 4.78 is 0. The molecule has 0 radical (unpaired) electrons. The molecule has 1 saturated heterocycles. The number of hydrogen-bond donors (Lipinski definition) is 0. The molecule has 0 N–H and O–H groups in total. The molecular weight excluding hydrogens is 288 g/mol. The van der Waals surface area contributed by atoms with Crippen LogP contribution in [0.5, 0.6) is 0 Å². The van der Waals surface area contributed by atoms with E-state index in [9.17, 15) is 14.9 Å². The van der Waals surface area contributed by atoms with Gasteiger partial charge in [-0.3, -0.25) is 14.9 Å². The Balaban J connectivity index is 2.18. The van der Waals surface area contributed by atoms with Crippen LogP contribution in [-0.4, -0.2) is 22.7 Å². The number of anilines is 1. The summed E-state index contributed by atoms with van der Waals surface area (Å²) >= 11 is 3.37. The molecule has 1 aromatic rings. The van der Waals surface area contributed by atoms with E-state index in [1.54, 1.807) is 17.0 Å². The zero-order valence-electron chi connectivity index (χ0n) is 9.01. The van der Waals surface area contributed by atoms with Crippen molar-refractivity contribution in [2.45, 2.75) is 6.42 Å². The topological polar surface area (TPSA) is 63.5 Å². The Morgan fingerprint density at radius 1 is 1.41 bits per heavy atom. The SMILES string of the molecule is O=C1CC(CBr)CN1c1ccc([N+](=O)[O-])cc1. The molecule has 90 valence electrons. The van der Waals surface area contributed by atoms with Crippen molar-refractivity contribution in [1.82, 2.24) is 0 Å². The van der Waals surface area contributed by atoms with Crippen molar-refractivity contribution < 1.29 is 9.72 Å². The highest BCUT2D eigenvalue weighted by Gasteiger charge is 2.29. The van der Waals surface area contributed by atoms with Gasteiger partial charge in [0.15, 0.2) is 0 Å². The molecule has 17 heavy (non-hydrogen) atoms. The lowest BCUT2D eigenvalue weighted by molar-refractivity contribution is -0.384. The number of halogens is 1. The van der Waals surface area contributed by atoms with Crippen molar-refractivity contribution in [1.29, 1.82) is 0 Å². The molecule has 1 unspecified atom stereocenters. The van der Waals surface area contributed by atoms with Crippen LogP contribution in [0.2, 0.25) is 0 Å². The van der Waals surface area contributed by atoms with E-state index in [1.807, 2.05) is 0 Å². The highest BCUT2D eigenvalue weighted by molar-refractivity contribution is 9.09. The number of amides is 1. The molecule has 0 saturated carbocycles. The van der Waals surface area contributed by atoms with E-state index in [1.165, 1.54) is 12.1 Å². The molecule has 5 nitrogen and oxygen atoms in total. The number of carbonyl (C=O) groups excluding carboxylic acids is 1. The van der Waals surface area contributed by atoms with Crippen molar-refractivity contribution in [2.24, 2.45) is 5.92 Å². The van der Waals surface area contributed by atoms with Gasteiger partial charge in [-0.05, 0) is 18.1 Å². The Kier molecular flexibility index (Phi) is 3.42. The van der Waals surface area contributed by atoms with Crippen molar-refractivity contribution >= 4 is 33.2 Å². The van der Waals surface area contributed by atoms with Crippen LogP contribution in [0.25, 0.3) is 0 Å². The summed E-state index contributed by atoms with van der Waals surface area (Å²) in [6.45, 7) is 0.669. The lowest BCUT2D eigenvalue weighted by atomic mass is 10.2. The molecule has 1 heterocycles. The standard InChI is InChI=1S/C11H11BrN2O3/c12-6-8-5-11(15)13(7-8)9-1-3-10(4-2-9)14(16)17/h1-4,8H,5-7H2. The molecule has 1 aliphatic heterocycles. The molecule has 0 bridgehead atoms. The van der Waals surface area contributed by atoms with Crippen molar-refractivity contribution in [3.8, 4) is 0 Å². The van der Waals surface area contributed by atoms with Gasteiger partial charge >= 0.3 is 0 Å². The minimum atomic E-state index is -0.448. The number of nitro benzene ring substituents is 1. The van der Waals surface area contributed by atoms with E-state index in [4.69, 9.17) is 0 Å². The van der Waals surface area contributed by atoms with Crippen molar-refractivity contribution in [3.63, 3.8) is 0 Å². The van der Waals surface area contributed by atoms with E-state index in [-0.39, 0.29) is 11.6 Å². The molecule has 1 atom stereocenters. The van der Waals surface area contributed by atoms with Gasteiger partial charge in [0.1, 0.15) is 0 Å². The first-order chi connectivity index (χ1) is 8.11. The number of benzene rings is 1. The molecule has 1 fully saturated rings. The van der Waals surface area contributed by atoms with E-state index in [0.29, 0.717) is 18.9 Å². The van der Waals surface area contributed by atoms with Crippen molar-refractivity contribution in [3.05, 3.63) is 34.4 Å². The van der Waals surface area contributed by atoms with Gasteiger partial charge in [0, 0.05) is 36.1 Å². The predicted molar refractivity (Wildman–Crippen MR) is 67.4 cm³/mol. The molecule has 0 aliphatic carbocycles. The summed E-state index contributed by atoms with van der Waals surface area (Å²) in [6.07, 6.45) is 0.530. The summed E-state index contributed by atoms with van der Waals surface area (Å²) in [6, 6.07) is 6.08. The Morgan fingerprint density at radius 2 is 2.06 bits per heavy atom. The van der Waals surface area contributed by atoms with Gasteiger partial charge in [0.2, 0.25) is 5.91 Å². The van der Waals surface area contributed by atoms with E-state index in [0.717, 1.165) is 11.0 Å². The summed E-state index contributed by atoms with van der Waals surface area (Å²) in [4.78, 5) is 23.5. The first kappa shape index (κ1) is 12.0. The number of non-ortho nitro benzene ring substituents is 1. The monoisotopic (exact) mass is 298 g/mol. The maximum Gasteiger partial charge on any atom is 0.269 e. The minimum absolute atomic E-state index is 0.0393. The summed E-state index contributed by atoms with van der Waals surface area (Å²) in [5, 5.41) is 11.3. The Labute approximate surface area is 107 Å². The third kappa shape index (κ3) is 2.46. The van der Waals surface area contributed by atoms with Crippen LogP contribution in [-0.2, 0) is 4.79 Å². The Hall–Kier alpha value is -1.43. The van der Waals surface area contributed by atoms with Gasteiger partial charge in [0.05, 0.1) is 4.92 Å². The zero-order chi connectivity index (χ0) is 12.4. The zero-order valence-corrected chi connectivity index (χ0v) is 10.6. The Bertz CT molecular complexity index is 447. The van der Waals surface area contributed by atoms with Crippen LogP contribution >= 0.6 is 15.9 Å². The fraction of sp³-hybridized carbons (Fsp3) is 0.364. The largest absolute Gasteiger partial charge is 0.312 e. The fourth-order valence-corrected chi connectivity index (χ4v) is 2.32. The van der Waals surface area contributed by atoms with Crippen LogP contribution < -0.4 is 4.90 Å². The average molecular weight is 299 g/mol. The maximum atomic E-state index is 11.7. The van der Waals surface area contributed by atoms with Gasteiger partial charge in [-0.15, -0.1) is 0 Å². The molecule has 0 aromatic heterocycles. The minimum Gasteiger partial charge on any atom is -0.312 e. The van der Waals surface area contributed by atoms with Gasteiger partial charge in [-0.1, -0.05) is 15.9 Å². The third-order valence-corrected chi connectivity index (χ3v) is 3.71. The van der Waals surface area contributed by atoms with E-state index in [2.05, 4.69) is 15.9 Å². The summed E-state index contributed by atoms with van der Waals surface area (Å²) in [5.41, 5.74) is 0.765. The van der Waals surface area contributed by atoms with Crippen LogP contribution in [0, 0.1) is 16.0 Å². The van der Waals surface area contributed by atoms with Crippen LogP contribution in [0.4, 0.5) is 11.4 Å². The number of hydrogen-bond acceptors (Lipinski definition) is 3. The van der Waals surface area contributed by atoms with Gasteiger partial charge in [0.25, 0.3) is 5.69 Å². The predicted octanol–water partition coefficient (Wildman–Crippen LogP) is 2.34. The molecule has 2 rings (SSSR count). The molecule has 1 aliphatic rings. The quantitative estimate of drug-likeness (QED) is 0.489. The molecule has 1 aromatic carbocycles. The van der Waals surface area contributed by atoms with E-state index >= 15 is 0 Å². The first-order valence-corrected chi connectivity index (χ1v) is 6.34. The second kappa shape index (κ2) is 4.83. The summed E-state index contributed by atoms with van der Waals surface area (Å²) in [7, 11) is 0. The lowest BCUT2D eigenvalue weighted by Gasteiger charge is -2.15. The fourth-order valence-electron chi connectivity index (χ4n) is 1.89. The second-order valence-electron chi connectivity index (χ2n) is 4.00. The van der Waals surface area contributed by atoms with Crippen molar-refractivity contribution in [2.75, 3.05) is 16.8 Å².